The van der Waals surface area contributed by atoms with Crippen LogP contribution in [-0.4, -0.2) is 4.57 Å². The van der Waals surface area contributed by atoms with Crippen molar-refractivity contribution in [3.63, 3.8) is 0 Å². The van der Waals surface area contributed by atoms with Crippen molar-refractivity contribution in [2.24, 2.45) is 5.11 Å². The van der Waals surface area contributed by atoms with Crippen molar-refractivity contribution in [3.8, 4) is 0 Å². The van der Waals surface area contributed by atoms with Crippen molar-refractivity contribution in [2.75, 3.05) is 0 Å². The quantitative estimate of drug-likeness (QED) is 0.406. The second-order valence-electron chi connectivity index (χ2n) is 3.77. The normalized spacial score (nSPS) is 12.8. The molecule has 0 aliphatic carbocycles. The lowest BCUT2D eigenvalue weighted by Crippen LogP contribution is -2.16. The van der Waals surface area contributed by atoms with E-state index in [2.05, 4.69) is 10.0 Å². The van der Waals surface area contributed by atoms with Crippen molar-refractivity contribution >= 4 is 16.6 Å². The molecule has 0 bridgehead atoms. The summed E-state index contributed by atoms with van der Waals surface area (Å²) in [6.45, 7) is 0.714. The molecule has 2 heterocycles. The molecule has 0 atom stereocenters. The Balaban J connectivity index is 2.57. The molecular weight excluding hydrogens is 204 g/mol. The van der Waals surface area contributed by atoms with Gasteiger partial charge in [-0.3, -0.25) is 4.79 Å². The van der Waals surface area contributed by atoms with E-state index < -0.39 is 0 Å². The Labute approximate surface area is 90.6 Å². The van der Waals surface area contributed by atoms with Gasteiger partial charge >= 0.3 is 0 Å². The first kappa shape index (κ1) is 9.00. The van der Waals surface area contributed by atoms with Crippen LogP contribution in [0.25, 0.3) is 21.3 Å². The van der Waals surface area contributed by atoms with Crippen molar-refractivity contribution in [2.45, 2.75) is 13.0 Å². The van der Waals surface area contributed by atoms with Crippen LogP contribution in [0.2, 0.25) is 0 Å². The van der Waals surface area contributed by atoms with E-state index in [9.17, 15) is 4.79 Å². The van der Waals surface area contributed by atoms with Crippen LogP contribution >= 0.6 is 0 Å². The predicted octanol–water partition coefficient (Wildman–Crippen LogP) is 2.50. The fraction of sp³-hybridized carbons (Fsp3) is 0.182. The molecule has 5 heteroatoms. The van der Waals surface area contributed by atoms with Gasteiger partial charge in [0.1, 0.15) is 0 Å². The van der Waals surface area contributed by atoms with Crippen molar-refractivity contribution in [1.82, 2.24) is 4.57 Å². The number of rotatable bonds is 1. The van der Waals surface area contributed by atoms with Gasteiger partial charge in [0, 0.05) is 22.9 Å². The first-order valence-electron chi connectivity index (χ1n) is 5.02. The number of aromatic nitrogens is 1. The topological polar surface area (TPSA) is 70.8 Å². The zero-order valence-corrected chi connectivity index (χ0v) is 8.42. The molecule has 0 saturated carbocycles. The van der Waals surface area contributed by atoms with Gasteiger partial charge in [-0.1, -0.05) is 23.3 Å². The minimum atomic E-state index is -0.0974. The Morgan fingerprint density at radius 1 is 1.44 bits per heavy atom. The molecule has 0 radical (unpaired) electrons. The Morgan fingerprint density at radius 3 is 3.12 bits per heavy atom. The molecule has 3 rings (SSSR count). The number of nitrogens with zero attached hydrogens (tertiary/aromatic N) is 4. The standard InChI is InChI=1S/C11H8N4O/c12-14-13-9-6-10(16)15-5-4-7-2-1-3-8(9)11(7)15/h1-3,6H,4-5H2. The van der Waals surface area contributed by atoms with E-state index in [1.165, 1.54) is 6.07 Å². The predicted molar refractivity (Wildman–Crippen MR) is 60.7 cm³/mol. The average Bonchev–Trinajstić information content (AvgIpc) is 2.71. The highest BCUT2D eigenvalue weighted by Gasteiger charge is 2.16. The molecule has 0 amide bonds. The average molecular weight is 212 g/mol. The highest BCUT2D eigenvalue weighted by molar-refractivity contribution is 5.92. The fourth-order valence-electron chi connectivity index (χ4n) is 2.29. The van der Waals surface area contributed by atoms with E-state index in [4.69, 9.17) is 5.53 Å². The minimum absolute atomic E-state index is 0.0974. The molecule has 16 heavy (non-hydrogen) atoms. The molecule has 0 saturated heterocycles. The van der Waals surface area contributed by atoms with E-state index in [0.717, 1.165) is 22.9 Å². The summed E-state index contributed by atoms with van der Waals surface area (Å²) in [4.78, 5) is 14.5. The van der Waals surface area contributed by atoms with Crippen molar-refractivity contribution in [1.29, 1.82) is 0 Å². The maximum atomic E-state index is 11.8. The number of azide groups is 1. The third-order valence-electron chi connectivity index (χ3n) is 2.95. The number of benzene rings is 1. The van der Waals surface area contributed by atoms with Crippen molar-refractivity contribution < 1.29 is 0 Å². The van der Waals surface area contributed by atoms with Gasteiger partial charge in [0.25, 0.3) is 5.56 Å². The van der Waals surface area contributed by atoms with E-state index in [1.54, 1.807) is 4.57 Å². The van der Waals surface area contributed by atoms with Gasteiger partial charge in [-0.15, -0.1) is 0 Å². The second-order valence-corrected chi connectivity index (χ2v) is 3.77. The van der Waals surface area contributed by atoms with Crippen LogP contribution in [-0.2, 0) is 13.0 Å². The van der Waals surface area contributed by atoms with E-state index in [0.29, 0.717) is 12.2 Å². The lowest BCUT2D eigenvalue weighted by Gasteiger charge is -2.05. The second kappa shape index (κ2) is 3.12. The van der Waals surface area contributed by atoms with Gasteiger partial charge in [-0.25, -0.2) is 0 Å². The van der Waals surface area contributed by atoms with Gasteiger partial charge in [0.2, 0.25) is 0 Å². The molecule has 1 aliphatic rings. The first-order valence-corrected chi connectivity index (χ1v) is 5.02. The SMILES string of the molecule is [N-]=[N+]=Nc1cc(=O)n2c3c(cccc13)CC2. The first-order chi connectivity index (χ1) is 7.81. The zero-order valence-electron chi connectivity index (χ0n) is 8.42. The van der Waals surface area contributed by atoms with E-state index in [-0.39, 0.29) is 5.56 Å². The van der Waals surface area contributed by atoms with Crippen LogP contribution in [0, 0.1) is 0 Å². The van der Waals surface area contributed by atoms with E-state index >= 15 is 0 Å². The summed E-state index contributed by atoms with van der Waals surface area (Å²) in [5, 5.41) is 4.43. The van der Waals surface area contributed by atoms with Crippen LogP contribution in [0.15, 0.2) is 34.2 Å². The molecule has 0 unspecified atom stereocenters. The molecule has 0 N–H and O–H groups in total. The molecule has 1 aliphatic heterocycles. The maximum absolute atomic E-state index is 11.8. The highest BCUT2D eigenvalue weighted by Crippen LogP contribution is 2.30. The number of hydrogen-bond donors (Lipinski definition) is 0. The molecule has 2 aromatic rings. The summed E-state index contributed by atoms with van der Waals surface area (Å²) in [7, 11) is 0. The molecule has 78 valence electrons. The number of hydrogen-bond acceptors (Lipinski definition) is 2. The van der Waals surface area contributed by atoms with Gasteiger partial charge in [-0.2, -0.15) is 0 Å². The van der Waals surface area contributed by atoms with Gasteiger partial charge < -0.3 is 4.57 Å². The van der Waals surface area contributed by atoms with Gasteiger partial charge in [0.15, 0.2) is 0 Å². The van der Waals surface area contributed by atoms with Crippen LogP contribution in [0.1, 0.15) is 5.56 Å². The lowest BCUT2D eigenvalue weighted by molar-refractivity contribution is 0.742. The number of pyridine rings is 1. The third-order valence-corrected chi connectivity index (χ3v) is 2.95. The van der Waals surface area contributed by atoms with E-state index in [1.807, 2.05) is 18.2 Å². The summed E-state index contributed by atoms with van der Waals surface area (Å²) in [6, 6.07) is 7.21. The van der Waals surface area contributed by atoms with Crippen LogP contribution in [0.5, 0.6) is 0 Å². The Kier molecular flexibility index (Phi) is 1.75. The monoisotopic (exact) mass is 212 g/mol. The van der Waals surface area contributed by atoms with Crippen LogP contribution < -0.4 is 5.56 Å². The zero-order chi connectivity index (χ0) is 11.1. The summed E-state index contributed by atoms with van der Waals surface area (Å²) in [6.07, 6.45) is 0.867. The molecular formula is C11H8N4O. The fourth-order valence-corrected chi connectivity index (χ4v) is 2.29. The summed E-state index contributed by atoms with van der Waals surface area (Å²) in [5.74, 6) is 0. The van der Waals surface area contributed by atoms with Crippen LogP contribution in [0.3, 0.4) is 0 Å². The third kappa shape index (κ3) is 1.06. The maximum Gasteiger partial charge on any atom is 0.251 e. The molecule has 0 fully saturated rings. The molecule has 1 aromatic carbocycles. The number of aryl methyl sites for hydroxylation is 2. The largest absolute Gasteiger partial charge is 0.308 e. The minimum Gasteiger partial charge on any atom is -0.308 e. The molecule has 5 nitrogen and oxygen atoms in total. The van der Waals surface area contributed by atoms with Crippen LogP contribution in [0.4, 0.5) is 5.69 Å². The molecule has 0 spiro atoms. The smallest absolute Gasteiger partial charge is 0.251 e. The Bertz CT molecular complexity index is 695. The summed E-state index contributed by atoms with van der Waals surface area (Å²) in [5.41, 5.74) is 10.9. The summed E-state index contributed by atoms with van der Waals surface area (Å²) >= 11 is 0. The Hall–Kier alpha value is -2.26. The number of para-hydroxylation sites is 1. The van der Waals surface area contributed by atoms with Gasteiger partial charge in [0.05, 0.1) is 11.2 Å². The highest BCUT2D eigenvalue weighted by atomic mass is 16.1. The van der Waals surface area contributed by atoms with Gasteiger partial charge in [-0.05, 0) is 17.5 Å². The van der Waals surface area contributed by atoms with Crippen molar-refractivity contribution in [3.05, 3.63) is 50.6 Å². The lowest BCUT2D eigenvalue weighted by atomic mass is 10.1. The Morgan fingerprint density at radius 2 is 2.31 bits per heavy atom. The molecule has 1 aromatic heterocycles. The summed E-state index contributed by atoms with van der Waals surface area (Å²) < 4.78 is 1.74.